The van der Waals surface area contributed by atoms with Crippen molar-refractivity contribution >= 4 is 11.4 Å². The van der Waals surface area contributed by atoms with E-state index < -0.39 is 0 Å². The van der Waals surface area contributed by atoms with E-state index in [1.807, 2.05) is 0 Å². The number of benzene rings is 4. The number of fused-ring (bicyclic) bond motifs is 3. The van der Waals surface area contributed by atoms with Gasteiger partial charge in [0.15, 0.2) is 0 Å². The molecule has 0 bridgehead atoms. The van der Waals surface area contributed by atoms with Gasteiger partial charge in [0.05, 0.1) is 0 Å². The van der Waals surface area contributed by atoms with E-state index in [1.54, 1.807) is 48.5 Å². The molecule has 0 heterocycles. The van der Waals surface area contributed by atoms with Gasteiger partial charge in [0.25, 0.3) is 0 Å². The van der Waals surface area contributed by atoms with Crippen LogP contribution in [-0.2, 0) is 6.42 Å². The van der Waals surface area contributed by atoms with Gasteiger partial charge in [0.1, 0.15) is 11.5 Å². The zero-order chi connectivity index (χ0) is 20.6. The SMILES string of the molecule is Nc1ccc(O)cc1.Nc1ccc(O)cc1.c1ccc2c(c1)Cc1ccccc1-2. The predicted octanol–water partition coefficient (Wildman–Crippen LogP) is 5.21. The Balaban J connectivity index is 0.000000132. The van der Waals surface area contributed by atoms with Crippen molar-refractivity contribution in [2.45, 2.75) is 6.42 Å². The minimum absolute atomic E-state index is 0.249. The Labute approximate surface area is 170 Å². The fourth-order valence-corrected chi connectivity index (χ4v) is 3.03. The molecule has 4 aromatic carbocycles. The molecule has 4 heteroatoms. The molecule has 4 aromatic rings. The first-order chi connectivity index (χ1) is 14.0. The van der Waals surface area contributed by atoms with E-state index in [0.29, 0.717) is 11.4 Å². The highest BCUT2D eigenvalue weighted by molar-refractivity contribution is 5.76. The second-order valence-electron chi connectivity index (χ2n) is 6.67. The van der Waals surface area contributed by atoms with E-state index in [2.05, 4.69) is 48.5 Å². The monoisotopic (exact) mass is 384 g/mol. The third-order valence-electron chi connectivity index (χ3n) is 4.49. The number of rotatable bonds is 0. The maximum Gasteiger partial charge on any atom is 0.115 e. The summed E-state index contributed by atoms with van der Waals surface area (Å²) in [6.45, 7) is 0. The topological polar surface area (TPSA) is 92.5 Å². The van der Waals surface area contributed by atoms with Crippen LogP contribution >= 0.6 is 0 Å². The van der Waals surface area contributed by atoms with Crippen LogP contribution in [-0.4, -0.2) is 10.2 Å². The van der Waals surface area contributed by atoms with Gasteiger partial charge in [0.2, 0.25) is 0 Å². The van der Waals surface area contributed by atoms with E-state index in [-0.39, 0.29) is 11.5 Å². The Bertz CT molecular complexity index is 930. The second kappa shape index (κ2) is 9.33. The maximum absolute atomic E-state index is 8.70. The highest BCUT2D eigenvalue weighted by atomic mass is 16.3. The van der Waals surface area contributed by atoms with E-state index in [4.69, 9.17) is 21.7 Å². The molecule has 29 heavy (non-hydrogen) atoms. The molecule has 0 amide bonds. The van der Waals surface area contributed by atoms with Crippen LogP contribution in [0, 0.1) is 0 Å². The van der Waals surface area contributed by atoms with E-state index >= 15 is 0 Å². The summed E-state index contributed by atoms with van der Waals surface area (Å²) in [5, 5.41) is 17.4. The fourth-order valence-electron chi connectivity index (χ4n) is 3.03. The summed E-state index contributed by atoms with van der Waals surface area (Å²) in [5.41, 5.74) is 17.7. The Morgan fingerprint density at radius 2 is 0.828 bits per heavy atom. The summed E-state index contributed by atoms with van der Waals surface area (Å²) in [4.78, 5) is 0. The standard InChI is InChI=1S/C13H10.2C6H7NO/c1-3-7-12-10(5-1)9-11-6-2-4-8-13(11)12;2*7-5-1-3-6(8)4-2-5/h1-8H,9H2;2*1-4,8H,7H2. The molecule has 0 unspecified atom stereocenters. The molecule has 4 nitrogen and oxygen atoms in total. The fraction of sp³-hybridized carbons (Fsp3) is 0.0400. The summed E-state index contributed by atoms with van der Waals surface area (Å²) in [6.07, 6.45) is 1.10. The highest BCUT2D eigenvalue weighted by Crippen LogP contribution is 2.35. The van der Waals surface area contributed by atoms with Crippen molar-refractivity contribution in [1.29, 1.82) is 0 Å². The van der Waals surface area contributed by atoms with Gasteiger partial charge in [0, 0.05) is 11.4 Å². The van der Waals surface area contributed by atoms with Crippen molar-refractivity contribution in [3.63, 3.8) is 0 Å². The van der Waals surface area contributed by atoms with Gasteiger partial charge in [-0.25, -0.2) is 0 Å². The molecule has 0 fully saturated rings. The first kappa shape index (κ1) is 19.8. The highest BCUT2D eigenvalue weighted by Gasteiger charge is 2.15. The predicted molar refractivity (Wildman–Crippen MR) is 120 cm³/mol. The van der Waals surface area contributed by atoms with Crippen LogP contribution in [0.15, 0.2) is 97.1 Å². The third-order valence-corrected chi connectivity index (χ3v) is 4.49. The summed E-state index contributed by atoms with van der Waals surface area (Å²) < 4.78 is 0. The molecule has 0 aromatic heterocycles. The largest absolute Gasteiger partial charge is 0.508 e. The van der Waals surface area contributed by atoms with Crippen LogP contribution in [0.25, 0.3) is 11.1 Å². The van der Waals surface area contributed by atoms with E-state index in [1.165, 1.54) is 22.3 Å². The minimum atomic E-state index is 0.249. The molecule has 1 aliphatic carbocycles. The molecule has 1 aliphatic rings. The normalized spacial score (nSPS) is 10.5. The van der Waals surface area contributed by atoms with Gasteiger partial charge in [-0.05, 0) is 77.2 Å². The van der Waals surface area contributed by atoms with Crippen molar-refractivity contribution in [1.82, 2.24) is 0 Å². The van der Waals surface area contributed by atoms with Gasteiger partial charge >= 0.3 is 0 Å². The van der Waals surface area contributed by atoms with Crippen LogP contribution in [0.5, 0.6) is 11.5 Å². The molecule has 0 aliphatic heterocycles. The van der Waals surface area contributed by atoms with Gasteiger partial charge < -0.3 is 21.7 Å². The average molecular weight is 384 g/mol. The lowest BCUT2D eigenvalue weighted by Gasteiger charge is -1.98. The first-order valence-corrected chi connectivity index (χ1v) is 9.28. The molecule has 146 valence electrons. The number of phenolic OH excluding ortho intramolecular Hbond substituents is 2. The lowest BCUT2D eigenvalue weighted by Crippen LogP contribution is -1.80. The third kappa shape index (κ3) is 5.53. The summed E-state index contributed by atoms with van der Waals surface area (Å²) in [7, 11) is 0. The molecule has 5 rings (SSSR count). The van der Waals surface area contributed by atoms with Crippen LogP contribution in [0.4, 0.5) is 11.4 Å². The summed E-state index contributed by atoms with van der Waals surface area (Å²) in [6, 6.07) is 30.1. The summed E-state index contributed by atoms with van der Waals surface area (Å²) >= 11 is 0. The van der Waals surface area contributed by atoms with Gasteiger partial charge in [-0.15, -0.1) is 0 Å². The Hall–Kier alpha value is -3.92. The number of nitrogen functional groups attached to an aromatic ring is 2. The second-order valence-corrected chi connectivity index (χ2v) is 6.67. The van der Waals surface area contributed by atoms with Gasteiger partial charge in [-0.3, -0.25) is 0 Å². The van der Waals surface area contributed by atoms with Crippen LogP contribution < -0.4 is 11.5 Å². The average Bonchev–Trinajstić information content (AvgIpc) is 3.12. The van der Waals surface area contributed by atoms with Crippen molar-refractivity contribution in [3.05, 3.63) is 108 Å². The van der Waals surface area contributed by atoms with Gasteiger partial charge in [-0.1, -0.05) is 48.5 Å². The zero-order valence-corrected chi connectivity index (χ0v) is 16.0. The molecule has 0 atom stereocenters. The van der Waals surface area contributed by atoms with Gasteiger partial charge in [-0.2, -0.15) is 0 Å². The van der Waals surface area contributed by atoms with Crippen LogP contribution in [0.1, 0.15) is 11.1 Å². The van der Waals surface area contributed by atoms with Crippen molar-refractivity contribution in [2.24, 2.45) is 0 Å². The van der Waals surface area contributed by atoms with E-state index in [9.17, 15) is 0 Å². The van der Waals surface area contributed by atoms with Crippen molar-refractivity contribution < 1.29 is 10.2 Å². The number of phenols is 2. The van der Waals surface area contributed by atoms with Crippen molar-refractivity contribution in [2.75, 3.05) is 11.5 Å². The van der Waals surface area contributed by atoms with E-state index in [0.717, 1.165) is 6.42 Å². The maximum atomic E-state index is 8.70. The molecule has 6 N–H and O–H groups in total. The Kier molecular flexibility index (Phi) is 6.38. The number of aromatic hydroxyl groups is 2. The number of hydrogen-bond acceptors (Lipinski definition) is 4. The molecule has 0 saturated heterocycles. The Morgan fingerprint density at radius 3 is 1.17 bits per heavy atom. The smallest absolute Gasteiger partial charge is 0.115 e. The molecule has 0 spiro atoms. The quantitative estimate of drug-likeness (QED) is 0.218. The summed E-state index contributed by atoms with van der Waals surface area (Å²) in [5.74, 6) is 0.499. The molecular formula is C25H24N2O2. The first-order valence-electron chi connectivity index (χ1n) is 9.28. The number of anilines is 2. The lowest BCUT2D eigenvalue weighted by atomic mass is 10.1. The van der Waals surface area contributed by atoms with Crippen LogP contribution in [0.3, 0.4) is 0 Å². The Morgan fingerprint density at radius 1 is 0.483 bits per heavy atom. The molecular weight excluding hydrogens is 360 g/mol. The van der Waals surface area contributed by atoms with Crippen LogP contribution in [0.2, 0.25) is 0 Å². The lowest BCUT2D eigenvalue weighted by molar-refractivity contribution is 0.475. The minimum Gasteiger partial charge on any atom is -0.508 e. The number of nitrogens with two attached hydrogens (primary N) is 2. The molecule has 0 saturated carbocycles. The molecule has 0 radical (unpaired) electrons. The zero-order valence-electron chi connectivity index (χ0n) is 16.0. The van der Waals surface area contributed by atoms with Crippen molar-refractivity contribution in [3.8, 4) is 22.6 Å². The number of hydrogen-bond donors (Lipinski definition) is 4.